The highest BCUT2D eigenvalue weighted by Gasteiger charge is 2.17. The molecule has 0 unspecified atom stereocenters. The van der Waals surface area contributed by atoms with E-state index in [1.165, 1.54) is 6.07 Å². The smallest absolute Gasteiger partial charge is 0.260 e. The third-order valence-electron chi connectivity index (χ3n) is 4.27. The summed E-state index contributed by atoms with van der Waals surface area (Å²) in [4.78, 5) is 10.8. The lowest BCUT2D eigenvalue weighted by atomic mass is 10.1. The average Bonchev–Trinajstić information content (AvgIpc) is 3.02. The first-order valence-electron chi connectivity index (χ1n) is 8.07. The van der Waals surface area contributed by atoms with Gasteiger partial charge in [-0.25, -0.2) is 0 Å². The molecule has 0 saturated carbocycles. The van der Waals surface area contributed by atoms with Gasteiger partial charge in [-0.05, 0) is 17.7 Å². The lowest BCUT2D eigenvalue weighted by molar-refractivity contribution is -0.384. The summed E-state index contributed by atoms with van der Waals surface area (Å²) in [5.74, 6) is 0. The summed E-state index contributed by atoms with van der Waals surface area (Å²) in [6, 6.07) is 22.6. The van der Waals surface area contributed by atoms with Crippen LogP contribution in [-0.4, -0.2) is 14.7 Å². The molecule has 6 heteroatoms. The van der Waals surface area contributed by atoms with Crippen LogP contribution in [0.4, 0.5) is 5.69 Å². The third kappa shape index (κ3) is 2.99. The van der Waals surface area contributed by atoms with Crippen molar-refractivity contribution in [3.05, 3.63) is 92.9 Å². The Morgan fingerprint density at radius 1 is 1.00 bits per heavy atom. The van der Waals surface area contributed by atoms with Gasteiger partial charge < -0.3 is 0 Å². The molecule has 0 bridgehead atoms. The highest BCUT2D eigenvalue weighted by molar-refractivity contribution is 9.10. The maximum atomic E-state index is 11.2. The molecule has 0 amide bonds. The molecule has 5 nitrogen and oxygen atoms in total. The van der Waals surface area contributed by atoms with Gasteiger partial charge in [0.2, 0.25) is 0 Å². The first kappa shape index (κ1) is 16.5. The van der Waals surface area contributed by atoms with Crippen molar-refractivity contribution in [2.45, 2.75) is 6.54 Å². The molecule has 1 aromatic heterocycles. The second kappa shape index (κ2) is 6.72. The van der Waals surface area contributed by atoms with E-state index in [1.807, 2.05) is 59.3 Å². The van der Waals surface area contributed by atoms with Gasteiger partial charge in [-0.2, -0.15) is 5.10 Å². The molecule has 4 rings (SSSR count). The Morgan fingerprint density at radius 2 is 1.73 bits per heavy atom. The Labute approximate surface area is 158 Å². The molecular weight excluding hydrogens is 394 g/mol. The molecule has 128 valence electrons. The topological polar surface area (TPSA) is 61.0 Å². The van der Waals surface area contributed by atoms with E-state index < -0.39 is 0 Å². The summed E-state index contributed by atoms with van der Waals surface area (Å²) < 4.78 is 2.90. The van der Waals surface area contributed by atoms with Gasteiger partial charge in [-0.3, -0.25) is 14.8 Å². The van der Waals surface area contributed by atoms with Gasteiger partial charge >= 0.3 is 0 Å². The molecule has 0 aliphatic heterocycles. The molecule has 0 radical (unpaired) electrons. The zero-order chi connectivity index (χ0) is 18.1. The zero-order valence-electron chi connectivity index (χ0n) is 13.7. The predicted molar refractivity (Wildman–Crippen MR) is 105 cm³/mol. The fourth-order valence-corrected chi connectivity index (χ4v) is 3.41. The van der Waals surface area contributed by atoms with Crippen molar-refractivity contribution >= 4 is 32.5 Å². The summed E-state index contributed by atoms with van der Waals surface area (Å²) in [5.41, 5.74) is 3.70. The van der Waals surface area contributed by atoms with Gasteiger partial charge in [0.1, 0.15) is 5.69 Å². The van der Waals surface area contributed by atoms with Crippen LogP contribution in [0.3, 0.4) is 0 Å². The van der Waals surface area contributed by atoms with E-state index in [0.717, 1.165) is 32.2 Å². The molecule has 26 heavy (non-hydrogen) atoms. The normalized spacial score (nSPS) is 11.0. The van der Waals surface area contributed by atoms with Crippen LogP contribution in [0.15, 0.2) is 77.3 Å². The standard InChI is InChI=1S/C20H14BrN3O2/c21-18-9-5-4-8-15(18)13-23-19-11-10-16(24(25)26)12-17(19)20(22-23)14-6-2-1-3-7-14/h1-12H,13H2. The Hall–Kier alpha value is -2.99. The number of fused-ring (bicyclic) bond motifs is 1. The van der Waals surface area contributed by atoms with Gasteiger partial charge in [0.25, 0.3) is 5.69 Å². The third-order valence-corrected chi connectivity index (χ3v) is 5.04. The molecule has 1 heterocycles. The second-order valence-electron chi connectivity index (χ2n) is 5.92. The van der Waals surface area contributed by atoms with Crippen molar-refractivity contribution in [2.24, 2.45) is 0 Å². The number of rotatable bonds is 4. The molecule has 0 atom stereocenters. The number of hydrogen-bond donors (Lipinski definition) is 0. The van der Waals surface area contributed by atoms with Crippen LogP contribution < -0.4 is 0 Å². The van der Waals surface area contributed by atoms with E-state index in [9.17, 15) is 10.1 Å². The average molecular weight is 408 g/mol. The minimum Gasteiger partial charge on any atom is -0.260 e. The quantitative estimate of drug-likeness (QED) is 0.335. The van der Waals surface area contributed by atoms with E-state index in [-0.39, 0.29) is 10.6 Å². The van der Waals surface area contributed by atoms with Crippen LogP contribution in [0.1, 0.15) is 5.56 Å². The van der Waals surface area contributed by atoms with Gasteiger partial charge in [-0.15, -0.1) is 0 Å². The number of nitro groups is 1. The SMILES string of the molecule is O=[N+]([O-])c1ccc2c(c1)c(-c1ccccc1)nn2Cc1ccccc1Br. The summed E-state index contributed by atoms with van der Waals surface area (Å²) in [6.07, 6.45) is 0. The minimum absolute atomic E-state index is 0.0649. The number of benzene rings is 3. The van der Waals surface area contributed by atoms with Gasteiger partial charge in [-0.1, -0.05) is 64.5 Å². The molecule has 0 saturated heterocycles. The van der Waals surface area contributed by atoms with E-state index in [4.69, 9.17) is 5.10 Å². The fraction of sp³-hybridized carbons (Fsp3) is 0.0500. The van der Waals surface area contributed by atoms with E-state index >= 15 is 0 Å². The van der Waals surface area contributed by atoms with Gasteiger partial charge in [0.15, 0.2) is 0 Å². The largest absolute Gasteiger partial charge is 0.270 e. The van der Waals surface area contributed by atoms with Crippen molar-refractivity contribution in [1.82, 2.24) is 9.78 Å². The number of aromatic nitrogens is 2. The Kier molecular flexibility index (Phi) is 4.26. The van der Waals surface area contributed by atoms with Crippen molar-refractivity contribution in [2.75, 3.05) is 0 Å². The zero-order valence-corrected chi connectivity index (χ0v) is 15.3. The molecule has 0 spiro atoms. The molecule has 3 aromatic carbocycles. The lowest BCUT2D eigenvalue weighted by Gasteiger charge is -2.06. The van der Waals surface area contributed by atoms with Crippen LogP contribution in [-0.2, 0) is 6.54 Å². The Bertz CT molecular complexity index is 1110. The lowest BCUT2D eigenvalue weighted by Crippen LogP contribution is -2.02. The molecule has 0 N–H and O–H groups in total. The number of halogens is 1. The van der Waals surface area contributed by atoms with Gasteiger partial charge in [0, 0.05) is 27.6 Å². The van der Waals surface area contributed by atoms with E-state index in [2.05, 4.69) is 15.9 Å². The number of nitrogens with zero attached hydrogens (tertiary/aromatic N) is 3. The van der Waals surface area contributed by atoms with Crippen LogP contribution >= 0.6 is 15.9 Å². The first-order chi connectivity index (χ1) is 12.6. The van der Waals surface area contributed by atoms with Crippen molar-refractivity contribution < 1.29 is 4.92 Å². The highest BCUT2D eigenvalue weighted by Crippen LogP contribution is 2.31. The molecule has 0 aliphatic carbocycles. The van der Waals surface area contributed by atoms with E-state index in [0.29, 0.717) is 6.54 Å². The minimum atomic E-state index is -0.376. The van der Waals surface area contributed by atoms with Gasteiger partial charge in [0.05, 0.1) is 17.0 Å². The summed E-state index contributed by atoms with van der Waals surface area (Å²) in [6.45, 7) is 0.572. The molecule has 0 aliphatic rings. The number of non-ortho nitro benzene ring substituents is 1. The van der Waals surface area contributed by atoms with Crippen LogP contribution in [0.25, 0.3) is 22.2 Å². The first-order valence-corrected chi connectivity index (χ1v) is 8.86. The summed E-state index contributed by atoms with van der Waals surface area (Å²) in [7, 11) is 0. The summed E-state index contributed by atoms with van der Waals surface area (Å²) >= 11 is 3.57. The summed E-state index contributed by atoms with van der Waals surface area (Å²) in [5, 5.41) is 16.8. The second-order valence-corrected chi connectivity index (χ2v) is 6.78. The highest BCUT2D eigenvalue weighted by atomic mass is 79.9. The van der Waals surface area contributed by atoms with Crippen molar-refractivity contribution in [1.29, 1.82) is 0 Å². The molecular formula is C20H14BrN3O2. The van der Waals surface area contributed by atoms with Crippen LogP contribution in [0.5, 0.6) is 0 Å². The van der Waals surface area contributed by atoms with Crippen molar-refractivity contribution in [3.8, 4) is 11.3 Å². The van der Waals surface area contributed by atoms with Crippen molar-refractivity contribution in [3.63, 3.8) is 0 Å². The van der Waals surface area contributed by atoms with Crippen LogP contribution in [0, 0.1) is 10.1 Å². The molecule has 4 aromatic rings. The van der Waals surface area contributed by atoms with E-state index in [1.54, 1.807) is 12.1 Å². The maximum Gasteiger partial charge on any atom is 0.270 e. The molecule has 0 fully saturated rings. The Balaban J connectivity index is 1.91. The monoisotopic (exact) mass is 407 g/mol. The Morgan fingerprint density at radius 3 is 2.46 bits per heavy atom. The number of hydrogen-bond acceptors (Lipinski definition) is 3. The number of nitro benzene ring substituents is 1. The fourth-order valence-electron chi connectivity index (χ4n) is 3.00. The van der Waals surface area contributed by atoms with Crippen LogP contribution in [0.2, 0.25) is 0 Å². The predicted octanol–water partition coefficient (Wildman–Crippen LogP) is 5.42. The maximum absolute atomic E-state index is 11.2.